The predicted octanol–water partition coefficient (Wildman–Crippen LogP) is -0.386. The molecule has 122 valence electrons. The second-order valence-electron chi connectivity index (χ2n) is 5.22. The number of piperazine rings is 1. The first-order chi connectivity index (χ1) is 10.6. The van der Waals surface area contributed by atoms with Crippen LogP contribution >= 0.6 is 0 Å². The zero-order valence-corrected chi connectivity index (χ0v) is 13.0. The van der Waals surface area contributed by atoms with Crippen LogP contribution < -0.4 is 0 Å². The summed E-state index contributed by atoms with van der Waals surface area (Å²) in [5.74, 6) is -0.128. The van der Waals surface area contributed by atoms with Crippen LogP contribution in [0.15, 0.2) is 23.0 Å². The molecule has 2 aliphatic heterocycles. The molecule has 0 saturated carbocycles. The third-order valence-electron chi connectivity index (χ3n) is 3.92. The van der Waals surface area contributed by atoms with E-state index in [4.69, 9.17) is 9.15 Å². The quantitative estimate of drug-likeness (QED) is 0.754. The van der Waals surface area contributed by atoms with E-state index in [1.54, 1.807) is 11.0 Å². The van der Waals surface area contributed by atoms with Crippen molar-refractivity contribution in [3.63, 3.8) is 0 Å². The van der Waals surface area contributed by atoms with Crippen molar-refractivity contribution in [2.75, 3.05) is 52.5 Å². The second-order valence-corrected chi connectivity index (χ2v) is 7.15. The fourth-order valence-corrected chi connectivity index (χ4v) is 4.19. The lowest BCUT2D eigenvalue weighted by Crippen LogP contribution is -2.55. The van der Waals surface area contributed by atoms with E-state index in [0.717, 1.165) is 0 Å². The van der Waals surface area contributed by atoms with Gasteiger partial charge in [0, 0.05) is 39.3 Å². The number of hydrogen-bond acceptors (Lipinski definition) is 5. The molecule has 0 radical (unpaired) electrons. The molecule has 2 fully saturated rings. The molecule has 9 heteroatoms. The maximum absolute atomic E-state index is 12.5. The highest BCUT2D eigenvalue weighted by atomic mass is 32.2. The van der Waals surface area contributed by atoms with Gasteiger partial charge in [0.05, 0.1) is 25.0 Å². The number of nitrogens with zero attached hydrogens (tertiary/aromatic N) is 3. The third kappa shape index (κ3) is 3.02. The maximum atomic E-state index is 12.5. The van der Waals surface area contributed by atoms with Crippen LogP contribution in [0, 0.1) is 0 Å². The van der Waals surface area contributed by atoms with Gasteiger partial charge in [-0.1, -0.05) is 0 Å². The number of carbonyl (C=O) groups excluding carboxylic acids is 1. The minimum Gasteiger partial charge on any atom is -0.472 e. The topological polar surface area (TPSA) is 83.3 Å². The average molecular weight is 329 g/mol. The van der Waals surface area contributed by atoms with Crippen molar-refractivity contribution in [2.24, 2.45) is 0 Å². The molecule has 1 amide bonds. The second kappa shape index (κ2) is 6.37. The molecular weight excluding hydrogens is 310 g/mol. The molecule has 3 heterocycles. The van der Waals surface area contributed by atoms with Crippen molar-refractivity contribution in [1.29, 1.82) is 0 Å². The molecule has 0 bridgehead atoms. The molecule has 0 atom stereocenters. The summed E-state index contributed by atoms with van der Waals surface area (Å²) < 4.78 is 38.0. The van der Waals surface area contributed by atoms with Crippen LogP contribution in [0.25, 0.3) is 0 Å². The Kier molecular flexibility index (Phi) is 4.48. The zero-order chi connectivity index (χ0) is 15.6. The maximum Gasteiger partial charge on any atom is 0.282 e. The van der Waals surface area contributed by atoms with Gasteiger partial charge < -0.3 is 14.1 Å². The van der Waals surface area contributed by atoms with E-state index < -0.39 is 10.2 Å². The van der Waals surface area contributed by atoms with Crippen molar-refractivity contribution >= 4 is 16.1 Å². The van der Waals surface area contributed by atoms with Gasteiger partial charge in [-0.3, -0.25) is 4.79 Å². The summed E-state index contributed by atoms with van der Waals surface area (Å²) in [6.07, 6.45) is 2.85. The van der Waals surface area contributed by atoms with Crippen LogP contribution in [0.3, 0.4) is 0 Å². The minimum atomic E-state index is -3.46. The number of ether oxygens (including phenoxy) is 1. The Morgan fingerprint density at radius 1 is 1.00 bits per heavy atom. The number of amides is 1. The SMILES string of the molecule is O=C(c1ccoc1)N1CCN(S(=O)(=O)N2CCOCC2)CC1. The molecule has 1 aromatic rings. The van der Waals surface area contributed by atoms with Crippen LogP contribution in [0.1, 0.15) is 10.4 Å². The van der Waals surface area contributed by atoms with Crippen molar-refractivity contribution in [3.05, 3.63) is 24.2 Å². The summed E-state index contributed by atoms with van der Waals surface area (Å²) in [7, 11) is -3.46. The van der Waals surface area contributed by atoms with Crippen molar-refractivity contribution in [1.82, 2.24) is 13.5 Å². The Morgan fingerprint density at radius 2 is 1.64 bits per heavy atom. The van der Waals surface area contributed by atoms with Crippen LogP contribution in [-0.2, 0) is 14.9 Å². The van der Waals surface area contributed by atoms with E-state index in [0.29, 0.717) is 58.0 Å². The number of morpholine rings is 1. The summed E-state index contributed by atoms with van der Waals surface area (Å²) in [4.78, 5) is 13.8. The summed E-state index contributed by atoms with van der Waals surface area (Å²) in [5, 5.41) is 0. The molecule has 0 aromatic carbocycles. The van der Waals surface area contributed by atoms with Gasteiger partial charge in [-0.05, 0) is 6.07 Å². The van der Waals surface area contributed by atoms with Crippen molar-refractivity contribution in [3.8, 4) is 0 Å². The lowest BCUT2D eigenvalue weighted by molar-refractivity contribution is 0.0636. The highest BCUT2D eigenvalue weighted by molar-refractivity contribution is 7.86. The predicted molar refractivity (Wildman–Crippen MR) is 77.5 cm³/mol. The number of rotatable bonds is 3. The fraction of sp³-hybridized carbons (Fsp3) is 0.615. The summed E-state index contributed by atoms with van der Waals surface area (Å²) in [5.41, 5.74) is 0.490. The summed E-state index contributed by atoms with van der Waals surface area (Å²) in [6.45, 7) is 3.01. The Bertz CT molecular complexity index is 602. The van der Waals surface area contributed by atoms with Gasteiger partial charge in [-0.2, -0.15) is 17.0 Å². The normalized spacial score (nSPS) is 21.9. The molecule has 0 N–H and O–H groups in total. The molecule has 0 spiro atoms. The number of furan rings is 1. The monoisotopic (exact) mass is 329 g/mol. The van der Waals surface area contributed by atoms with Gasteiger partial charge >= 0.3 is 0 Å². The number of carbonyl (C=O) groups is 1. The van der Waals surface area contributed by atoms with E-state index >= 15 is 0 Å². The Morgan fingerprint density at radius 3 is 2.23 bits per heavy atom. The highest BCUT2D eigenvalue weighted by Gasteiger charge is 2.34. The standard InChI is InChI=1S/C13H19N3O5S/c17-13(12-1-8-21-11-12)14-2-4-15(5-3-14)22(18,19)16-6-9-20-10-7-16/h1,8,11H,2-7,9-10H2. The van der Waals surface area contributed by atoms with Crippen LogP contribution in [0.4, 0.5) is 0 Å². The minimum absolute atomic E-state index is 0.128. The lowest BCUT2D eigenvalue weighted by atomic mass is 10.2. The van der Waals surface area contributed by atoms with E-state index in [1.165, 1.54) is 21.1 Å². The smallest absolute Gasteiger partial charge is 0.282 e. The Balaban J connectivity index is 1.60. The van der Waals surface area contributed by atoms with Gasteiger partial charge in [0.15, 0.2) is 0 Å². The van der Waals surface area contributed by atoms with E-state index in [1.807, 2.05) is 0 Å². The van der Waals surface area contributed by atoms with Crippen LogP contribution in [0.5, 0.6) is 0 Å². The Labute approximate surface area is 129 Å². The molecule has 22 heavy (non-hydrogen) atoms. The van der Waals surface area contributed by atoms with Gasteiger partial charge in [0.2, 0.25) is 0 Å². The van der Waals surface area contributed by atoms with Crippen molar-refractivity contribution in [2.45, 2.75) is 0 Å². The molecular formula is C13H19N3O5S. The molecule has 0 aliphatic carbocycles. The van der Waals surface area contributed by atoms with Crippen LogP contribution in [0.2, 0.25) is 0 Å². The van der Waals surface area contributed by atoms with E-state index in [9.17, 15) is 13.2 Å². The average Bonchev–Trinajstić information content (AvgIpc) is 3.09. The Hall–Kier alpha value is -1.42. The lowest BCUT2D eigenvalue weighted by Gasteiger charge is -2.37. The molecule has 2 saturated heterocycles. The largest absolute Gasteiger partial charge is 0.472 e. The third-order valence-corrected chi connectivity index (χ3v) is 5.95. The highest BCUT2D eigenvalue weighted by Crippen LogP contribution is 2.15. The molecule has 0 unspecified atom stereocenters. The first-order valence-electron chi connectivity index (χ1n) is 7.23. The van der Waals surface area contributed by atoms with E-state index in [-0.39, 0.29) is 5.91 Å². The summed E-state index contributed by atoms with van der Waals surface area (Å²) in [6, 6.07) is 1.61. The molecule has 3 rings (SSSR count). The molecule has 2 aliphatic rings. The van der Waals surface area contributed by atoms with Gasteiger partial charge in [-0.15, -0.1) is 0 Å². The first-order valence-corrected chi connectivity index (χ1v) is 8.63. The van der Waals surface area contributed by atoms with E-state index in [2.05, 4.69) is 0 Å². The van der Waals surface area contributed by atoms with Crippen molar-refractivity contribution < 1.29 is 22.4 Å². The zero-order valence-electron chi connectivity index (χ0n) is 12.2. The van der Waals surface area contributed by atoms with Gasteiger partial charge in [0.25, 0.3) is 16.1 Å². The fourth-order valence-electron chi connectivity index (χ4n) is 2.63. The van der Waals surface area contributed by atoms with Gasteiger partial charge in [-0.25, -0.2) is 0 Å². The molecule has 1 aromatic heterocycles. The number of hydrogen-bond donors (Lipinski definition) is 0. The summed E-state index contributed by atoms with van der Waals surface area (Å²) >= 11 is 0. The molecule has 8 nitrogen and oxygen atoms in total. The van der Waals surface area contributed by atoms with Gasteiger partial charge in [0.1, 0.15) is 6.26 Å². The van der Waals surface area contributed by atoms with Crippen LogP contribution in [-0.4, -0.2) is 80.3 Å². The first kappa shape index (κ1) is 15.5.